The minimum Gasteiger partial charge on any atom is -0.361 e. The number of hydrogen-bond donors (Lipinski definition) is 1. The van der Waals surface area contributed by atoms with E-state index in [1.54, 1.807) is 7.05 Å². The Balaban J connectivity index is 2.55. The summed E-state index contributed by atoms with van der Waals surface area (Å²) in [6.45, 7) is 2.51. The molecule has 0 aliphatic rings. The van der Waals surface area contributed by atoms with Gasteiger partial charge in [-0.05, 0) is 24.5 Å². The third-order valence-corrected chi connectivity index (χ3v) is 2.54. The summed E-state index contributed by atoms with van der Waals surface area (Å²) in [5.74, 6) is -1.55. The zero-order valence-corrected chi connectivity index (χ0v) is 9.56. The number of likely N-dealkylation sites (N-methyl/N-ethyl adjacent to an activating group) is 1. The van der Waals surface area contributed by atoms with E-state index in [9.17, 15) is 9.59 Å². The van der Waals surface area contributed by atoms with Crippen LogP contribution in [0, 0.1) is 6.92 Å². The molecule has 0 aliphatic heterocycles. The summed E-state index contributed by atoms with van der Waals surface area (Å²) in [6.07, 6.45) is 0.724. The lowest BCUT2D eigenvalue weighted by Gasteiger charge is -2.15. The molecule has 4 heteroatoms. The molecule has 0 saturated heterocycles. The molecule has 0 atom stereocenters. The van der Waals surface area contributed by atoms with Crippen molar-refractivity contribution in [1.82, 2.24) is 4.90 Å². The highest BCUT2D eigenvalue weighted by Crippen LogP contribution is 2.07. The second-order valence-corrected chi connectivity index (χ2v) is 3.77. The zero-order chi connectivity index (χ0) is 12.1. The van der Waals surface area contributed by atoms with Crippen LogP contribution in [-0.4, -0.2) is 30.3 Å². The van der Waals surface area contributed by atoms with Crippen LogP contribution in [0.25, 0.3) is 0 Å². The van der Waals surface area contributed by atoms with E-state index in [2.05, 4.69) is 0 Å². The van der Waals surface area contributed by atoms with Gasteiger partial charge >= 0.3 is 11.8 Å². The fraction of sp³-hybridized carbons (Fsp3) is 0.333. The first kappa shape index (κ1) is 12.2. The predicted octanol–water partition coefficient (Wildman–Crippen LogP) is 0.481. The minimum absolute atomic E-state index is 0.493. The van der Waals surface area contributed by atoms with E-state index in [0.29, 0.717) is 6.54 Å². The van der Waals surface area contributed by atoms with Crippen LogP contribution in [0.4, 0.5) is 0 Å². The zero-order valence-electron chi connectivity index (χ0n) is 9.56. The Morgan fingerprint density at radius 2 is 1.94 bits per heavy atom. The van der Waals surface area contributed by atoms with Crippen LogP contribution in [-0.2, 0) is 16.0 Å². The summed E-state index contributed by atoms with van der Waals surface area (Å²) in [5, 5.41) is 0. The smallest absolute Gasteiger partial charge is 0.311 e. The number of aryl methyl sites for hydroxylation is 1. The van der Waals surface area contributed by atoms with Crippen molar-refractivity contribution in [1.29, 1.82) is 0 Å². The Labute approximate surface area is 95.0 Å². The van der Waals surface area contributed by atoms with Gasteiger partial charge in [-0.1, -0.05) is 24.3 Å². The van der Waals surface area contributed by atoms with Gasteiger partial charge in [-0.2, -0.15) is 0 Å². The number of carbonyl (C=O) groups excluding carboxylic acids is 2. The lowest BCUT2D eigenvalue weighted by Crippen LogP contribution is -2.38. The molecule has 0 fully saturated rings. The lowest BCUT2D eigenvalue weighted by molar-refractivity contribution is -0.143. The fourth-order valence-electron chi connectivity index (χ4n) is 1.47. The van der Waals surface area contributed by atoms with Crippen LogP contribution in [0.15, 0.2) is 24.3 Å². The van der Waals surface area contributed by atoms with Crippen molar-refractivity contribution in [3.05, 3.63) is 35.4 Å². The van der Waals surface area contributed by atoms with Crippen molar-refractivity contribution in [3.63, 3.8) is 0 Å². The van der Waals surface area contributed by atoms with E-state index in [1.165, 1.54) is 16.0 Å². The van der Waals surface area contributed by atoms with Crippen molar-refractivity contribution < 1.29 is 9.59 Å². The average molecular weight is 220 g/mol. The highest BCUT2D eigenvalue weighted by atomic mass is 16.2. The van der Waals surface area contributed by atoms with Gasteiger partial charge in [-0.25, -0.2) is 0 Å². The number of benzene rings is 1. The van der Waals surface area contributed by atoms with E-state index in [1.807, 2.05) is 31.2 Å². The normalized spacial score (nSPS) is 9.88. The maximum Gasteiger partial charge on any atom is 0.311 e. The molecule has 86 valence electrons. The van der Waals surface area contributed by atoms with Crippen molar-refractivity contribution in [3.8, 4) is 0 Å². The monoisotopic (exact) mass is 220 g/mol. The molecule has 0 aliphatic carbocycles. The molecule has 1 rings (SSSR count). The first-order valence-corrected chi connectivity index (χ1v) is 5.11. The third kappa shape index (κ3) is 3.08. The van der Waals surface area contributed by atoms with Crippen molar-refractivity contribution in [2.45, 2.75) is 13.3 Å². The Bertz CT molecular complexity index is 402. The largest absolute Gasteiger partial charge is 0.361 e. The Hall–Kier alpha value is -1.84. The van der Waals surface area contributed by atoms with Gasteiger partial charge in [-0.15, -0.1) is 0 Å². The van der Waals surface area contributed by atoms with E-state index in [0.717, 1.165) is 6.42 Å². The number of primary amides is 1. The SMILES string of the molecule is Cc1ccccc1CCN(C)C(=O)C(N)=O. The molecule has 1 aromatic rings. The lowest BCUT2D eigenvalue weighted by atomic mass is 10.1. The number of nitrogens with zero attached hydrogens (tertiary/aromatic N) is 1. The van der Waals surface area contributed by atoms with Crippen molar-refractivity contribution in [2.24, 2.45) is 5.73 Å². The minimum atomic E-state index is -0.910. The quantitative estimate of drug-likeness (QED) is 0.753. The summed E-state index contributed by atoms with van der Waals surface area (Å²) in [6, 6.07) is 7.96. The van der Waals surface area contributed by atoms with Gasteiger partial charge in [0.25, 0.3) is 0 Å². The first-order valence-electron chi connectivity index (χ1n) is 5.11. The van der Waals surface area contributed by atoms with Gasteiger partial charge in [0.2, 0.25) is 0 Å². The van der Waals surface area contributed by atoms with Gasteiger partial charge < -0.3 is 10.6 Å². The van der Waals surface area contributed by atoms with E-state index in [4.69, 9.17) is 5.73 Å². The number of carbonyl (C=O) groups is 2. The maximum absolute atomic E-state index is 11.2. The second kappa shape index (κ2) is 5.30. The van der Waals surface area contributed by atoms with Crippen LogP contribution < -0.4 is 5.73 Å². The summed E-state index contributed by atoms with van der Waals surface area (Å²) in [7, 11) is 1.57. The predicted molar refractivity (Wildman–Crippen MR) is 61.7 cm³/mol. The van der Waals surface area contributed by atoms with Gasteiger partial charge in [-0.3, -0.25) is 9.59 Å². The Morgan fingerprint density at radius 3 is 2.50 bits per heavy atom. The Kier molecular flexibility index (Phi) is 4.05. The van der Waals surface area contributed by atoms with Crippen molar-refractivity contribution in [2.75, 3.05) is 13.6 Å². The van der Waals surface area contributed by atoms with Crippen LogP contribution >= 0.6 is 0 Å². The molecule has 16 heavy (non-hydrogen) atoms. The summed E-state index contributed by atoms with van der Waals surface area (Å²) < 4.78 is 0. The number of hydrogen-bond acceptors (Lipinski definition) is 2. The van der Waals surface area contributed by atoms with Crippen molar-refractivity contribution >= 4 is 11.8 Å². The molecule has 0 radical (unpaired) electrons. The molecule has 2 N–H and O–H groups in total. The molecule has 2 amide bonds. The first-order chi connectivity index (χ1) is 7.52. The maximum atomic E-state index is 11.2. The summed E-state index contributed by atoms with van der Waals surface area (Å²) >= 11 is 0. The molecule has 4 nitrogen and oxygen atoms in total. The molecular formula is C12H16N2O2. The van der Waals surface area contributed by atoms with Crippen LogP contribution in [0.1, 0.15) is 11.1 Å². The number of nitrogens with two attached hydrogens (primary N) is 1. The molecule has 0 heterocycles. The molecule has 0 aromatic heterocycles. The Morgan fingerprint density at radius 1 is 1.31 bits per heavy atom. The fourth-order valence-corrected chi connectivity index (χ4v) is 1.47. The molecule has 0 bridgehead atoms. The van der Waals surface area contributed by atoms with Gasteiger partial charge in [0.05, 0.1) is 0 Å². The van der Waals surface area contributed by atoms with Gasteiger partial charge in [0, 0.05) is 13.6 Å². The highest BCUT2D eigenvalue weighted by Gasteiger charge is 2.14. The molecule has 1 aromatic carbocycles. The van der Waals surface area contributed by atoms with E-state index < -0.39 is 11.8 Å². The topological polar surface area (TPSA) is 63.4 Å². The molecule has 0 spiro atoms. The van der Waals surface area contributed by atoms with Crippen LogP contribution in [0.3, 0.4) is 0 Å². The number of amides is 2. The summed E-state index contributed by atoms with van der Waals surface area (Å²) in [5.41, 5.74) is 7.26. The van der Waals surface area contributed by atoms with E-state index >= 15 is 0 Å². The molecule has 0 unspecified atom stereocenters. The third-order valence-electron chi connectivity index (χ3n) is 2.54. The molecular weight excluding hydrogens is 204 g/mol. The van der Waals surface area contributed by atoms with Crippen LogP contribution in [0.5, 0.6) is 0 Å². The average Bonchev–Trinajstić information content (AvgIpc) is 2.26. The van der Waals surface area contributed by atoms with E-state index in [-0.39, 0.29) is 0 Å². The summed E-state index contributed by atoms with van der Waals surface area (Å²) in [4.78, 5) is 23.2. The van der Waals surface area contributed by atoms with Gasteiger partial charge in [0.1, 0.15) is 0 Å². The van der Waals surface area contributed by atoms with Gasteiger partial charge in [0.15, 0.2) is 0 Å². The molecule has 0 saturated carbocycles. The number of rotatable bonds is 3. The standard InChI is InChI=1S/C12H16N2O2/c1-9-5-3-4-6-10(9)7-8-14(2)12(16)11(13)15/h3-6H,7-8H2,1-2H3,(H2,13,15). The van der Waals surface area contributed by atoms with Crippen LogP contribution in [0.2, 0.25) is 0 Å². The second-order valence-electron chi connectivity index (χ2n) is 3.77. The highest BCUT2D eigenvalue weighted by molar-refractivity contribution is 6.34.